The van der Waals surface area contributed by atoms with Crippen molar-refractivity contribution in [3.8, 4) is 0 Å². The van der Waals surface area contributed by atoms with Crippen LogP contribution in [0.25, 0.3) is 0 Å². The van der Waals surface area contributed by atoms with Crippen LogP contribution >= 0.6 is 22.6 Å². The van der Waals surface area contributed by atoms with Gasteiger partial charge in [-0.05, 0) is 74.6 Å². The summed E-state index contributed by atoms with van der Waals surface area (Å²) in [6.07, 6.45) is -0.372. The van der Waals surface area contributed by atoms with E-state index in [0.29, 0.717) is 6.54 Å². The fraction of sp³-hybridized carbons (Fsp3) is 0.462. The maximum absolute atomic E-state index is 11.9. The summed E-state index contributed by atoms with van der Waals surface area (Å²) in [5.41, 5.74) is 3.41. The van der Waals surface area contributed by atoms with Gasteiger partial charge in [-0.25, -0.2) is 9.80 Å². The fourth-order valence-corrected chi connectivity index (χ4v) is 1.61. The number of carbonyl (C=O) groups is 1. The zero-order valence-corrected chi connectivity index (χ0v) is 13.3. The predicted molar refractivity (Wildman–Crippen MR) is 81.4 cm³/mol. The molecule has 5 heteroatoms. The molecule has 0 aliphatic heterocycles. The topological polar surface area (TPSA) is 41.6 Å². The summed E-state index contributed by atoms with van der Waals surface area (Å²) < 4.78 is 6.46. The first-order valence-electron chi connectivity index (χ1n) is 5.84. The standard InChI is InChI=1S/C13H19IN2O2/c1-5-16(12(17)18-13(2,3)4)15-11-8-6-10(14)7-9-11/h6-9,15H,5H2,1-4H3. The smallest absolute Gasteiger partial charge is 0.429 e. The third kappa shape index (κ3) is 5.12. The molecular formula is C13H19IN2O2. The molecule has 0 aromatic heterocycles. The highest BCUT2D eigenvalue weighted by Crippen LogP contribution is 2.14. The quantitative estimate of drug-likeness (QED) is 0.656. The zero-order valence-electron chi connectivity index (χ0n) is 11.2. The summed E-state index contributed by atoms with van der Waals surface area (Å²) in [6, 6.07) is 7.81. The molecule has 0 radical (unpaired) electrons. The molecule has 0 fully saturated rings. The first-order chi connectivity index (χ1) is 8.31. The largest absolute Gasteiger partial charge is 0.442 e. The average Bonchev–Trinajstić information content (AvgIpc) is 2.25. The highest BCUT2D eigenvalue weighted by Gasteiger charge is 2.21. The van der Waals surface area contributed by atoms with Gasteiger partial charge in [0.05, 0.1) is 5.69 Å². The van der Waals surface area contributed by atoms with Gasteiger partial charge < -0.3 is 4.74 Å². The van der Waals surface area contributed by atoms with Crippen molar-refractivity contribution >= 4 is 34.4 Å². The van der Waals surface area contributed by atoms with E-state index in [1.807, 2.05) is 52.0 Å². The maximum Gasteiger partial charge on any atom is 0.429 e. The van der Waals surface area contributed by atoms with Gasteiger partial charge in [0.1, 0.15) is 5.60 Å². The number of hydrazine groups is 1. The molecule has 1 amide bonds. The van der Waals surface area contributed by atoms with Gasteiger partial charge in [-0.2, -0.15) is 0 Å². The van der Waals surface area contributed by atoms with Gasteiger partial charge in [-0.3, -0.25) is 5.43 Å². The number of rotatable bonds is 3. The first kappa shape index (κ1) is 15.1. The zero-order chi connectivity index (χ0) is 13.8. The van der Waals surface area contributed by atoms with Crippen molar-refractivity contribution in [1.82, 2.24) is 5.01 Å². The average molecular weight is 362 g/mol. The van der Waals surface area contributed by atoms with Crippen LogP contribution in [-0.2, 0) is 4.74 Å². The number of nitrogens with one attached hydrogen (secondary N) is 1. The Morgan fingerprint density at radius 3 is 2.33 bits per heavy atom. The number of nitrogens with zero attached hydrogens (tertiary/aromatic N) is 1. The lowest BCUT2D eigenvalue weighted by Crippen LogP contribution is -2.40. The van der Waals surface area contributed by atoms with E-state index in [1.165, 1.54) is 5.01 Å². The van der Waals surface area contributed by atoms with Crippen LogP contribution in [0.1, 0.15) is 27.7 Å². The van der Waals surface area contributed by atoms with Gasteiger partial charge in [-0.15, -0.1) is 0 Å². The maximum atomic E-state index is 11.9. The Morgan fingerprint density at radius 1 is 1.33 bits per heavy atom. The van der Waals surface area contributed by atoms with Gasteiger partial charge >= 0.3 is 6.09 Å². The molecule has 4 nitrogen and oxygen atoms in total. The SMILES string of the molecule is CCN(Nc1ccc(I)cc1)C(=O)OC(C)(C)C. The van der Waals surface area contributed by atoms with Crippen LogP contribution in [-0.4, -0.2) is 23.2 Å². The molecule has 0 saturated heterocycles. The molecule has 0 aliphatic carbocycles. The molecule has 0 spiro atoms. The molecular weight excluding hydrogens is 343 g/mol. The van der Waals surface area contributed by atoms with Gasteiger partial charge in [0, 0.05) is 10.1 Å². The summed E-state index contributed by atoms with van der Waals surface area (Å²) in [5, 5.41) is 1.45. The Hall–Kier alpha value is -0.980. The van der Waals surface area contributed by atoms with Gasteiger partial charge in [0.15, 0.2) is 0 Å². The van der Waals surface area contributed by atoms with Gasteiger partial charge in [0.25, 0.3) is 0 Å². The van der Waals surface area contributed by atoms with Crippen LogP contribution in [0.2, 0.25) is 0 Å². The summed E-state index contributed by atoms with van der Waals surface area (Å²) in [5.74, 6) is 0. The minimum Gasteiger partial charge on any atom is -0.442 e. The number of hydrogen-bond donors (Lipinski definition) is 1. The number of ether oxygens (including phenoxy) is 1. The summed E-state index contributed by atoms with van der Waals surface area (Å²) in [6.45, 7) is 7.97. The van der Waals surface area contributed by atoms with Crippen LogP contribution in [0.15, 0.2) is 24.3 Å². The second-order valence-electron chi connectivity index (χ2n) is 4.84. The van der Waals surface area contributed by atoms with Gasteiger partial charge in [0.2, 0.25) is 0 Å². The third-order valence-electron chi connectivity index (χ3n) is 2.04. The Balaban J connectivity index is 2.67. The lowest BCUT2D eigenvalue weighted by atomic mass is 10.2. The number of benzene rings is 1. The minimum absolute atomic E-state index is 0.372. The molecule has 1 N–H and O–H groups in total. The molecule has 18 heavy (non-hydrogen) atoms. The van der Waals surface area contributed by atoms with Crippen molar-refractivity contribution < 1.29 is 9.53 Å². The van der Waals surface area contributed by atoms with E-state index in [2.05, 4.69) is 28.0 Å². The second kappa shape index (κ2) is 6.26. The number of anilines is 1. The molecule has 0 saturated carbocycles. The monoisotopic (exact) mass is 362 g/mol. The van der Waals surface area contributed by atoms with E-state index in [9.17, 15) is 4.79 Å². The van der Waals surface area contributed by atoms with E-state index >= 15 is 0 Å². The van der Waals surface area contributed by atoms with Gasteiger partial charge in [-0.1, -0.05) is 0 Å². The summed E-state index contributed by atoms with van der Waals surface area (Å²) in [7, 11) is 0. The van der Waals surface area contributed by atoms with E-state index in [4.69, 9.17) is 4.74 Å². The van der Waals surface area contributed by atoms with E-state index in [1.54, 1.807) is 0 Å². The molecule has 0 atom stereocenters. The number of hydrogen-bond acceptors (Lipinski definition) is 3. The van der Waals surface area contributed by atoms with Crippen LogP contribution < -0.4 is 5.43 Å². The second-order valence-corrected chi connectivity index (χ2v) is 6.09. The molecule has 1 rings (SSSR count). The summed E-state index contributed by atoms with van der Waals surface area (Å²) >= 11 is 2.24. The highest BCUT2D eigenvalue weighted by molar-refractivity contribution is 14.1. The molecule has 0 aliphatic rings. The van der Waals surface area contributed by atoms with Crippen molar-refractivity contribution in [3.63, 3.8) is 0 Å². The molecule has 0 unspecified atom stereocenters. The van der Waals surface area contributed by atoms with Crippen LogP contribution in [0.3, 0.4) is 0 Å². The minimum atomic E-state index is -0.488. The van der Waals surface area contributed by atoms with E-state index < -0.39 is 5.60 Å². The molecule has 100 valence electrons. The Morgan fingerprint density at radius 2 is 1.89 bits per heavy atom. The number of amides is 1. The Labute approximate surface area is 122 Å². The van der Waals surface area contributed by atoms with Crippen molar-refractivity contribution in [2.45, 2.75) is 33.3 Å². The summed E-state index contributed by atoms with van der Waals surface area (Å²) in [4.78, 5) is 11.9. The van der Waals surface area contributed by atoms with Crippen molar-refractivity contribution in [1.29, 1.82) is 0 Å². The Kier molecular flexibility index (Phi) is 5.25. The lowest BCUT2D eigenvalue weighted by Gasteiger charge is -2.27. The van der Waals surface area contributed by atoms with Crippen molar-refractivity contribution in [2.75, 3.05) is 12.0 Å². The molecule has 0 bridgehead atoms. The van der Waals surface area contributed by atoms with Crippen molar-refractivity contribution in [3.05, 3.63) is 27.8 Å². The highest BCUT2D eigenvalue weighted by atomic mass is 127. The van der Waals surface area contributed by atoms with Crippen LogP contribution in [0, 0.1) is 3.57 Å². The van der Waals surface area contributed by atoms with E-state index in [0.717, 1.165) is 9.26 Å². The van der Waals surface area contributed by atoms with Crippen LogP contribution in [0.5, 0.6) is 0 Å². The Bertz CT molecular complexity index is 398. The first-order valence-corrected chi connectivity index (χ1v) is 6.92. The number of halogens is 1. The van der Waals surface area contributed by atoms with Crippen molar-refractivity contribution in [2.24, 2.45) is 0 Å². The lowest BCUT2D eigenvalue weighted by molar-refractivity contribution is 0.0306. The third-order valence-corrected chi connectivity index (χ3v) is 2.76. The van der Waals surface area contributed by atoms with Crippen LogP contribution in [0.4, 0.5) is 10.5 Å². The predicted octanol–water partition coefficient (Wildman–Crippen LogP) is 3.88. The number of carbonyl (C=O) groups excluding carboxylic acids is 1. The normalized spacial score (nSPS) is 10.9. The molecule has 1 aromatic carbocycles. The molecule has 1 aromatic rings. The fourth-order valence-electron chi connectivity index (χ4n) is 1.25. The van der Waals surface area contributed by atoms with E-state index in [-0.39, 0.29) is 6.09 Å². The molecule has 0 heterocycles.